The van der Waals surface area contributed by atoms with Crippen molar-refractivity contribution in [2.24, 2.45) is 0 Å². The van der Waals surface area contributed by atoms with E-state index in [0.717, 1.165) is 19.4 Å². The molecule has 0 aromatic heterocycles. The second kappa shape index (κ2) is 8.71. The van der Waals surface area contributed by atoms with Crippen molar-refractivity contribution in [3.8, 4) is 0 Å². The van der Waals surface area contributed by atoms with Gasteiger partial charge in [-0.3, -0.25) is 0 Å². The first kappa shape index (κ1) is 15.7. The maximum absolute atomic E-state index is 3.54. The molecule has 0 amide bonds. The molecule has 1 aromatic rings. The van der Waals surface area contributed by atoms with Gasteiger partial charge in [0.25, 0.3) is 0 Å². The predicted octanol–water partition coefficient (Wildman–Crippen LogP) is 5.03. The second-order valence-electron chi connectivity index (χ2n) is 5.41. The average molecular weight is 257 g/mol. The molecule has 1 rings (SSSR count). The Kier molecular flexibility index (Phi) is 7.20. The summed E-state index contributed by atoms with van der Waals surface area (Å²) < 4.78 is 0. The molecular formula is C18H27N. The molecule has 1 unspecified atom stereocenters. The highest BCUT2D eigenvalue weighted by Gasteiger charge is 2.01. The van der Waals surface area contributed by atoms with Crippen molar-refractivity contribution in [1.29, 1.82) is 0 Å². The molecule has 0 aliphatic rings. The van der Waals surface area contributed by atoms with E-state index in [1.165, 1.54) is 16.7 Å². The van der Waals surface area contributed by atoms with Crippen molar-refractivity contribution >= 4 is 0 Å². The van der Waals surface area contributed by atoms with Crippen LogP contribution in [-0.4, -0.2) is 6.54 Å². The molecule has 1 heteroatoms. The van der Waals surface area contributed by atoms with Gasteiger partial charge in [0.05, 0.1) is 0 Å². The van der Waals surface area contributed by atoms with Gasteiger partial charge in [-0.05, 0) is 46.1 Å². The average Bonchev–Trinajstić information content (AvgIpc) is 2.39. The predicted molar refractivity (Wildman–Crippen MR) is 85.3 cm³/mol. The fourth-order valence-electron chi connectivity index (χ4n) is 1.96. The largest absolute Gasteiger partial charge is 0.307 e. The van der Waals surface area contributed by atoms with Crippen molar-refractivity contribution in [2.45, 2.75) is 46.6 Å². The lowest BCUT2D eigenvalue weighted by atomic mass is 10.1. The zero-order chi connectivity index (χ0) is 14.1. The smallest absolute Gasteiger partial charge is 0.0294 e. The topological polar surface area (TPSA) is 12.0 Å². The number of rotatable bonds is 7. The summed E-state index contributed by atoms with van der Waals surface area (Å²) in [4.78, 5) is 0. The summed E-state index contributed by atoms with van der Waals surface area (Å²) in [5, 5.41) is 3.54. The Morgan fingerprint density at radius 3 is 2.42 bits per heavy atom. The van der Waals surface area contributed by atoms with E-state index < -0.39 is 0 Å². The van der Waals surface area contributed by atoms with Crippen LogP contribution in [0.2, 0.25) is 0 Å². The number of hydrogen-bond acceptors (Lipinski definition) is 1. The number of nitrogens with one attached hydrogen (secondary N) is 1. The van der Waals surface area contributed by atoms with E-state index in [1.807, 2.05) is 0 Å². The Hall–Kier alpha value is -1.34. The van der Waals surface area contributed by atoms with Gasteiger partial charge < -0.3 is 5.32 Å². The fraction of sp³-hybridized carbons (Fsp3) is 0.444. The summed E-state index contributed by atoms with van der Waals surface area (Å²) in [6.07, 6.45) is 6.92. The van der Waals surface area contributed by atoms with Crippen molar-refractivity contribution < 1.29 is 0 Å². The molecule has 0 saturated carbocycles. The van der Waals surface area contributed by atoms with E-state index in [-0.39, 0.29) is 0 Å². The lowest BCUT2D eigenvalue weighted by Crippen LogP contribution is -2.18. The minimum absolute atomic E-state index is 0.406. The zero-order valence-corrected chi connectivity index (χ0v) is 12.7. The molecule has 0 heterocycles. The van der Waals surface area contributed by atoms with Crippen LogP contribution in [0.4, 0.5) is 0 Å². The molecule has 0 saturated heterocycles. The molecule has 0 spiro atoms. The summed E-state index contributed by atoms with van der Waals surface area (Å²) >= 11 is 0. The van der Waals surface area contributed by atoms with Crippen LogP contribution in [0.3, 0.4) is 0 Å². The van der Waals surface area contributed by atoms with Crippen LogP contribution >= 0.6 is 0 Å². The molecule has 19 heavy (non-hydrogen) atoms. The quantitative estimate of drug-likeness (QED) is 0.675. The Labute approximate surface area is 118 Å². The minimum atomic E-state index is 0.406. The molecule has 104 valence electrons. The van der Waals surface area contributed by atoms with E-state index >= 15 is 0 Å². The van der Waals surface area contributed by atoms with Gasteiger partial charge in [0.15, 0.2) is 0 Å². The zero-order valence-electron chi connectivity index (χ0n) is 12.7. The first-order valence-electron chi connectivity index (χ1n) is 7.17. The highest BCUT2D eigenvalue weighted by Crippen LogP contribution is 2.11. The third kappa shape index (κ3) is 6.97. The van der Waals surface area contributed by atoms with Crippen molar-refractivity contribution in [3.63, 3.8) is 0 Å². The molecule has 1 nitrogen and oxygen atoms in total. The first-order valence-corrected chi connectivity index (χ1v) is 7.17. The first-order chi connectivity index (χ1) is 9.09. The standard InChI is InChI=1S/C18H27N/c1-15(2)9-8-10-16(3)13-14-19-17(4)18-11-6-5-7-12-18/h5-7,9,11-13,17,19H,8,10,14H2,1-4H3/b16-13+. The SMILES string of the molecule is CC(C)=CCC/C(C)=C/CNC(C)c1ccccc1. The highest BCUT2D eigenvalue weighted by molar-refractivity contribution is 5.18. The van der Waals surface area contributed by atoms with Gasteiger partial charge in [-0.25, -0.2) is 0 Å². The maximum Gasteiger partial charge on any atom is 0.0294 e. The summed E-state index contributed by atoms with van der Waals surface area (Å²) in [5.74, 6) is 0. The number of allylic oxidation sites excluding steroid dienone is 3. The van der Waals surface area contributed by atoms with Crippen LogP contribution in [0.15, 0.2) is 53.6 Å². The Bertz CT molecular complexity index is 411. The van der Waals surface area contributed by atoms with Gasteiger partial charge in [-0.15, -0.1) is 0 Å². The van der Waals surface area contributed by atoms with E-state index in [2.05, 4.69) is 75.5 Å². The van der Waals surface area contributed by atoms with E-state index in [0.29, 0.717) is 6.04 Å². The van der Waals surface area contributed by atoms with Crippen molar-refractivity contribution in [1.82, 2.24) is 5.32 Å². The molecule has 1 aromatic carbocycles. The normalized spacial score (nSPS) is 13.2. The molecular weight excluding hydrogens is 230 g/mol. The Morgan fingerprint density at radius 2 is 1.79 bits per heavy atom. The lowest BCUT2D eigenvalue weighted by molar-refractivity contribution is 0.615. The van der Waals surface area contributed by atoms with Crippen LogP contribution < -0.4 is 5.32 Å². The molecule has 0 radical (unpaired) electrons. The summed E-state index contributed by atoms with van der Waals surface area (Å²) in [6, 6.07) is 11.0. The lowest BCUT2D eigenvalue weighted by Gasteiger charge is -2.12. The Morgan fingerprint density at radius 1 is 1.11 bits per heavy atom. The molecule has 0 aliphatic carbocycles. The van der Waals surface area contributed by atoms with Crippen LogP contribution in [0.1, 0.15) is 52.1 Å². The third-order valence-corrected chi connectivity index (χ3v) is 3.27. The molecule has 1 atom stereocenters. The van der Waals surface area contributed by atoms with Gasteiger partial charge >= 0.3 is 0 Å². The van der Waals surface area contributed by atoms with E-state index in [4.69, 9.17) is 0 Å². The maximum atomic E-state index is 3.54. The molecule has 0 aliphatic heterocycles. The van der Waals surface area contributed by atoms with Gasteiger partial charge in [-0.2, -0.15) is 0 Å². The van der Waals surface area contributed by atoms with Gasteiger partial charge in [0.1, 0.15) is 0 Å². The summed E-state index contributed by atoms with van der Waals surface area (Å²) in [5.41, 5.74) is 4.21. The molecule has 0 bridgehead atoms. The van der Waals surface area contributed by atoms with E-state index in [9.17, 15) is 0 Å². The fourth-order valence-corrected chi connectivity index (χ4v) is 1.96. The Balaban J connectivity index is 2.30. The van der Waals surface area contributed by atoms with Crippen LogP contribution in [-0.2, 0) is 0 Å². The monoisotopic (exact) mass is 257 g/mol. The summed E-state index contributed by atoms with van der Waals surface area (Å²) in [7, 11) is 0. The summed E-state index contributed by atoms with van der Waals surface area (Å²) in [6.45, 7) is 9.68. The second-order valence-corrected chi connectivity index (χ2v) is 5.41. The number of benzene rings is 1. The highest BCUT2D eigenvalue weighted by atomic mass is 14.9. The number of hydrogen-bond donors (Lipinski definition) is 1. The van der Waals surface area contributed by atoms with Crippen molar-refractivity contribution in [3.05, 3.63) is 59.2 Å². The van der Waals surface area contributed by atoms with Crippen LogP contribution in [0.5, 0.6) is 0 Å². The van der Waals surface area contributed by atoms with Gasteiger partial charge in [0.2, 0.25) is 0 Å². The third-order valence-electron chi connectivity index (χ3n) is 3.27. The van der Waals surface area contributed by atoms with E-state index in [1.54, 1.807) is 0 Å². The molecule has 0 fully saturated rings. The van der Waals surface area contributed by atoms with Crippen LogP contribution in [0.25, 0.3) is 0 Å². The van der Waals surface area contributed by atoms with Crippen LogP contribution in [0, 0.1) is 0 Å². The van der Waals surface area contributed by atoms with Gasteiger partial charge in [0, 0.05) is 12.6 Å². The minimum Gasteiger partial charge on any atom is -0.307 e. The van der Waals surface area contributed by atoms with Crippen molar-refractivity contribution in [2.75, 3.05) is 6.54 Å². The van der Waals surface area contributed by atoms with Gasteiger partial charge in [-0.1, -0.05) is 53.6 Å². The molecule has 1 N–H and O–H groups in total.